The summed E-state index contributed by atoms with van der Waals surface area (Å²) in [5, 5.41) is 0.509. The minimum absolute atomic E-state index is 0.509. The molecule has 74 valence electrons. The van der Waals surface area contributed by atoms with E-state index in [1.54, 1.807) is 0 Å². The highest BCUT2D eigenvalue weighted by Gasteiger charge is 2.06. The Bertz CT molecular complexity index is 462. The largest absolute Gasteiger partial charge is 0.355 e. The number of rotatable bonds is 2. The topological polar surface area (TPSA) is 41.6 Å². The highest BCUT2D eigenvalue weighted by Crippen LogP contribution is 2.20. The zero-order chi connectivity index (χ0) is 10.1. The molecule has 14 heavy (non-hydrogen) atoms. The number of nitrogens with one attached hydrogen (secondary N) is 1. The zero-order valence-corrected chi connectivity index (χ0v) is 9.02. The monoisotopic (exact) mass is 209 g/mol. The van der Waals surface area contributed by atoms with Crippen molar-refractivity contribution in [1.82, 2.24) is 15.0 Å². The number of nitrogens with zero attached hydrogens (tertiary/aromatic N) is 2. The van der Waals surface area contributed by atoms with Gasteiger partial charge in [0.1, 0.15) is 11.3 Å². The summed E-state index contributed by atoms with van der Waals surface area (Å²) >= 11 is 5.99. The van der Waals surface area contributed by atoms with E-state index >= 15 is 0 Å². The van der Waals surface area contributed by atoms with E-state index < -0.39 is 0 Å². The van der Waals surface area contributed by atoms with Gasteiger partial charge in [-0.1, -0.05) is 24.9 Å². The van der Waals surface area contributed by atoms with Gasteiger partial charge in [0.05, 0.1) is 5.52 Å². The SMILES string of the molecule is CCCc1cc2nc(C)nc(Cl)c2[nH]1. The third-order valence-corrected chi connectivity index (χ3v) is 2.39. The molecule has 0 aliphatic carbocycles. The van der Waals surface area contributed by atoms with Gasteiger partial charge in [-0.2, -0.15) is 0 Å². The molecule has 3 nitrogen and oxygen atoms in total. The molecule has 0 bridgehead atoms. The second-order valence-corrected chi connectivity index (χ2v) is 3.72. The lowest BCUT2D eigenvalue weighted by atomic mass is 10.2. The lowest BCUT2D eigenvalue weighted by Gasteiger charge is -1.94. The molecule has 0 aromatic carbocycles. The molecule has 0 amide bonds. The lowest BCUT2D eigenvalue weighted by molar-refractivity contribution is 0.896. The van der Waals surface area contributed by atoms with Gasteiger partial charge < -0.3 is 4.98 Å². The molecular formula is C10H12ClN3. The molecule has 0 unspecified atom stereocenters. The average Bonchev–Trinajstić information content (AvgIpc) is 2.48. The molecule has 1 N–H and O–H groups in total. The second-order valence-electron chi connectivity index (χ2n) is 3.37. The van der Waals surface area contributed by atoms with Crippen molar-refractivity contribution in [3.63, 3.8) is 0 Å². The number of hydrogen-bond acceptors (Lipinski definition) is 2. The fraction of sp³-hybridized carbons (Fsp3) is 0.400. The van der Waals surface area contributed by atoms with Gasteiger partial charge in [-0.05, 0) is 19.4 Å². The van der Waals surface area contributed by atoms with Crippen LogP contribution in [-0.4, -0.2) is 15.0 Å². The van der Waals surface area contributed by atoms with Gasteiger partial charge in [0.2, 0.25) is 0 Å². The molecule has 0 atom stereocenters. The van der Waals surface area contributed by atoms with Gasteiger partial charge in [0.25, 0.3) is 0 Å². The first-order chi connectivity index (χ1) is 6.70. The van der Waals surface area contributed by atoms with E-state index in [9.17, 15) is 0 Å². The molecule has 0 saturated carbocycles. The van der Waals surface area contributed by atoms with Crippen LogP contribution in [0.25, 0.3) is 11.0 Å². The van der Waals surface area contributed by atoms with E-state index in [-0.39, 0.29) is 0 Å². The fourth-order valence-corrected chi connectivity index (χ4v) is 1.81. The lowest BCUT2D eigenvalue weighted by Crippen LogP contribution is -1.87. The van der Waals surface area contributed by atoms with Crippen LogP contribution in [0.15, 0.2) is 6.07 Å². The van der Waals surface area contributed by atoms with Crippen LogP contribution in [0, 0.1) is 6.92 Å². The highest BCUT2D eigenvalue weighted by molar-refractivity contribution is 6.33. The summed E-state index contributed by atoms with van der Waals surface area (Å²) in [4.78, 5) is 11.6. The van der Waals surface area contributed by atoms with Gasteiger partial charge in [-0.15, -0.1) is 0 Å². The predicted molar refractivity (Wildman–Crippen MR) is 57.6 cm³/mol. The Kier molecular flexibility index (Phi) is 2.42. The molecule has 0 aliphatic rings. The molecule has 2 rings (SSSR count). The number of hydrogen-bond donors (Lipinski definition) is 1. The summed E-state index contributed by atoms with van der Waals surface area (Å²) in [7, 11) is 0. The van der Waals surface area contributed by atoms with Gasteiger partial charge in [-0.3, -0.25) is 0 Å². The van der Waals surface area contributed by atoms with Gasteiger partial charge in [0.15, 0.2) is 5.15 Å². The van der Waals surface area contributed by atoms with Gasteiger partial charge in [-0.25, -0.2) is 9.97 Å². The van der Waals surface area contributed by atoms with Crippen molar-refractivity contribution in [1.29, 1.82) is 0 Å². The normalized spacial score (nSPS) is 11.1. The van der Waals surface area contributed by atoms with Gasteiger partial charge in [0, 0.05) is 5.69 Å². The Morgan fingerprint density at radius 2 is 2.21 bits per heavy atom. The Balaban J connectivity index is 2.58. The molecule has 0 saturated heterocycles. The van der Waals surface area contributed by atoms with Crippen LogP contribution in [0.3, 0.4) is 0 Å². The minimum atomic E-state index is 0.509. The average molecular weight is 210 g/mol. The van der Waals surface area contributed by atoms with Gasteiger partial charge >= 0.3 is 0 Å². The molecule has 0 fully saturated rings. The van der Waals surface area contributed by atoms with Crippen LogP contribution in [0.1, 0.15) is 24.9 Å². The molecule has 2 aromatic heterocycles. The third-order valence-electron chi connectivity index (χ3n) is 2.12. The molecule has 2 heterocycles. The van der Waals surface area contributed by atoms with Crippen molar-refractivity contribution in [2.45, 2.75) is 26.7 Å². The van der Waals surface area contributed by atoms with Crippen LogP contribution in [-0.2, 0) is 6.42 Å². The number of fused-ring (bicyclic) bond motifs is 1. The predicted octanol–water partition coefficient (Wildman–Crippen LogP) is 2.87. The first-order valence-corrected chi connectivity index (χ1v) is 5.10. The van der Waals surface area contributed by atoms with Crippen LogP contribution in [0.5, 0.6) is 0 Å². The van der Waals surface area contributed by atoms with Crippen molar-refractivity contribution in [3.8, 4) is 0 Å². The van der Waals surface area contributed by atoms with E-state index in [4.69, 9.17) is 11.6 Å². The van der Waals surface area contributed by atoms with Crippen LogP contribution < -0.4 is 0 Å². The third kappa shape index (κ3) is 1.60. The van der Waals surface area contributed by atoms with Crippen molar-refractivity contribution >= 4 is 22.6 Å². The Labute approximate surface area is 87.5 Å². The van der Waals surface area contributed by atoms with E-state index in [1.165, 1.54) is 5.69 Å². The molecule has 2 aromatic rings. The van der Waals surface area contributed by atoms with Crippen molar-refractivity contribution in [2.75, 3.05) is 0 Å². The number of H-pyrrole nitrogens is 1. The summed E-state index contributed by atoms with van der Waals surface area (Å²) in [5.41, 5.74) is 2.93. The van der Waals surface area contributed by atoms with Crippen molar-refractivity contribution in [2.24, 2.45) is 0 Å². The fourth-order valence-electron chi connectivity index (χ4n) is 1.54. The van der Waals surface area contributed by atoms with E-state index in [0.717, 1.165) is 23.9 Å². The van der Waals surface area contributed by atoms with Crippen LogP contribution in [0.4, 0.5) is 0 Å². The summed E-state index contributed by atoms with van der Waals surface area (Å²) in [6.07, 6.45) is 2.13. The number of halogens is 1. The number of aryl methyl sites for hydroxylation is 2. The smallest absolute Gasteiger partial charge is 0.156 e. The van der Waals surface area contributed by atoms with E-state index in [2.05, 4.69) is 21.9 Å². The van der Waals surface area contributed by atoms with Crippen molar-refractivity contribution < 1.29 is 0 Å². The highest BCUT2D eigenvalue weighted by atomic mass is 35.5. The van der Waals surface area contributed by atoms with Crippen molar-refractivity contribution in [3.05, 3.63) is 22.7 Å². The zero-order valence-electron chi connectivity index (χ0n) is 8.26. The van der Waals surface area contributed by atoms with E-state index in [0.29, 0.717) is 11.0 Å². The summed E-state index contributed by atoms with van der Waals surface area (Å²) < 4.78 is 0. The number of aromatic nitrogens is 3. The first-order valence-electron chi connectivity index (χ1n) is 4.72. The number of aromatic amines is 1. The summed E-state index contributed by atoms with van der Waals surface area (Å²) in [6.45, 7) is 3.99. The van der Waals surface area contributed by atoms with Crippen LogP contribution >= 0.6 is 11.6 Å². The van der Waals surface area contributed by atoms with E-state index in [1.807, 2.05) is 13.0 Å². The Morgan fingerprint density at radius 3 is 2.93 bits per heavy atom. The summed E-state index contributed by atoms with van der Waals surface area (Å²) in [5.74, 6) is 0.713. The molecular weight excluding hydrogens is 198 g/mol. The minimum Gasteiger partial charge on any atom is -0.355 e. The maximum atomic E-state index is 5.99. The molecule has 4 heteroatoms. The Morgan fingerprint density at radius 1 is 1.43 bits per heavy atom. The second kappa shape index (κ2) is 3.58. The van der Waals surface area contributed by atoms with Crippen LogP contribution in [0.2, 0.25) is 5.15 Å². The first kappa shape index (κ1) is 9.46. The molecule has 0 spiro atoms. The maximum Gasteiger partial charge on any atom is 0.156 e. The summed E-state index contributed by atoms with van der Waals surface area (Å²) in [6, 6.07) is 2.04. The Hall–Kier alpha value is -1.09. The maximum absolute atomic E-state index is 5.99. The molecule has 0 aliphatic heterocycles. The standard InChI is InChI=1S/C10H12ClN3/c1-3-4-7-5-8-9(14-7)10(11)13-6(2)12-8/h5,14H,3-4H2,1-2H3. The quantitative estimate of drug-likeness (QED) is 0.773. The molecule has 0 radical (unpaired) electrons.